The molecule has 2 fully saturated rings. The van der Waals surface area contributed by atoms with Gasteiger partial charge in [0.1, 0.15) is 11.4 Å². The minimum atomic E-state index is -0.903. The van der Waals surface area contributed by atoms with Crippen molar-refractivity contribution in [2.75, 3.05) is 0 Å². The SMILES string of the molecule is C#C[C@]1(O)CC[C@H]2[C@@H]3CCC4=C(CCC(=O)C4)[C@@H]3CC[C@@]21C. The van der Waals surface area contributed by atoms with E-state index in [1.54, 1.807) is 5.57 Å². The second-order valence-electron chi connectivity index (χ2n) is 8.26. The Morgan fingerprint density at radius 3 is 2.77 bits per heavy atom. The van der Waals surface area contributed by atoms with E-state index in [9.17, 15) is 9.90 Å². The molecule has 0 unspecified atom stereocenters. The van der Waals surface area contributed by atoms with E-state index in [4.69, 9.17) is 6.42 Å². The number of terminal acetylenes is 1. The molecule has 0 aromatic rings. The largest absolute Gasteiger partial charge is 0.377 e. The summed E-state index contributed by atoms with van der Waals surface area (Å²) in [6.45, 7) is 2.23. The predicted octanol–water partition coefficient (Wildman–Crippen LogP) is 3.64. The highest BCUT2D eigenvalue weighted by molar-refractivity contribution is 5.82. The Kier molecular flexibility index (Phi) is 3.11. The highest BCUT2D eigenvalue weighted by Gasteiger charge is 2.61. The molecule has 4 aliphatic carbocycles. The van der Waals surface area contributed by atoms with E-state index in [2.05, 4.69) is 12.8 Å². The monoisotopic (exact) mass is 298 g/mol. The van der Waals surface area contributed by atoms with Gasteiger partial charge in [-0.1, -0.05) is 24.0 Å². The minimum absolute atomic E-state index is 0.106. The molecule has 0 aliphatic heterocycles. The van der Waals surface area contributed by atoms with Crippen molar-refractivity contribution in [2.45, 2.75) is 70.3 Å². The second kappa shape index (κ2) is 4.71. The maximum absolute atomic E-state index is 11.7. The fraction of sp³-hybridized carbons (Fsp3) is 0.750. The zero-order chi connectivity index (χ0) is 15.5. The number of carbonyl (C=O) groups excluding carboxylic acids is 1. The van der Waals surface area contributed by atoms with E-state index in [0.29, 0.717) is 23.5 Å². The lowest BCUT2D eigenvalue weighted by Gasteiger charge is -2.53. The quantitative estimate of drug-likeness (QED) is 0.547. The smallest absolute Gasteiger partial charge is 0.137 e. The number of hydrogen-bond acceptors (Lipinski definition) is 2. The van der Waals surface area contributed by atoms with E-state index in [1.165, 1.54) is 12.0 Å². The number of hydrogen-bond donors (Lipinski definition) is 1. The van der Waals surface area contributed by atoms with Crippen molar-refractivity contribution in [2.24, 2.45) is 23.2 Å². The molecule has 22 heavy (non-hydrogen) atoms. The van der Waals surface area contributed by atoms with Crippen molar-refractivity contribution >= 4 is 5.78 Å². The van der Waals surface area contributed by atoms with Gasteiger partial charge in [-0.3, -0.25) is 4.79 Å². The van der Waals surface area contributed by atoms with Crippen molar-refractivity contribution < 1.29 is 9.90 Å². The minimum Gasteiger partial charge on any atom is -0.377 e. The van der Waals surface area contributed by atoms with Gasteiger partial charge in [0.05, 0.1) is 0 Å². The number of Topliss-reactive ketones (excluding diaryl/α,β-unsaturated/α-hetero) is 1. The second-order valence-corrected chi connectivity index (χ2v) is 8.26. The van der Waals surface area contributed by atoms with Crippen LogP contribution in [0.25, 0.3) is 0 Å². The summed E-state index contributed by atoms with van der Waals surface area (Å²) in [5.41, 5.74) is 2.08. The first-order valence-electron chi connectivity index (χ1n) is 8.91. The molecule has 0 radical (unpaired) electrons. The lowest BCUT2D eigenvalue weighted by Crippen LogP contribution is -2.50. The summed E-state index contributed by atoms with van der Waals surface area (Å²) in [4.78, 5) is 11.7. The Bertz CT molecular complexity index is 595. The number of carbonyl (C=O) groups is 1. The van der Waals surface area contributed by atoms with Gasteiger partial charge in [-0.05, 0) is 62.7 Å². The van der Waals surface area contributed by atoms with Crippen LogP contribution in [-0.2, 0) is 4.79 Å². The standard InChI is InChI=1S/C20H26O2/c1-3-20(22)11-9-18-17-6-4-13-12-14(21)5-7-15(13)16(17)8-10-19(18,20)2/h1,16-18,22H,4-12H2,2H3/t16-,17+,18-,19-,20-/m0/s1. The Balaban J connectivity index is 1.67. The van der Waals surface area contributed by atoms with Crippen LogP contribution in [-0.4, -0.2) is 16.5 Å². The molecule has 2 saturated carbocycles. The van der Waals surface area contributed by atoms with Crippen LogP contribution in [0.4, 0.5) is 0 Å². The molecule has 0 heterocycles. The van der Waals surface area contributed by atoms with Crippen LogP contribution in [0.3, 0.4) is 0 Å². The fourth-order valence-electron chi connectivity index (χ4n) is 6.30. The summed E-state index contributed by atoms with van der Waals surface area (Å²) in [6, 6.07) is 0. The van der Waals surface area contributed by atoms with E-state index in [0.717, 1.165) is 51.4 Å². The van der Waals surface area contributed by atoms with E-state index >= 15 is 0 Å². The van der Waals surface area contributed by atoms with Gasteiger partial charge in [0.25, 0.3) is 0 Å². The molecule has 1 N–H and O–H groups in total. The van der Waals surface area contributed by atoms with E-state index in [-0.39, 0.29) is 5.41 Å². The Labute approximate surface area is 133 Å². The van der Waals surface area contributed by atoms with Gasteiger partial charge in [-0.2, -0.15) is 0 Å². The van der Waals surface area contributed by atoms with Crippen LogP contribution in [0.2, 0.25) is 0 Å². The average Bonchev–Trinajstić information content (AvgIpc) is 2.79. The van der Waals surface area contributed by atoms with Gasteiger partial charge >= 0.3 is 0 Å². The van der Waals surface area contributed by atoms with Gasteiger partial charge in [0.15, 0.2) is 0 Å². The molecule has 0 aromatic heterocycles. The van der Waals surface area contributed by atoms with Gasteiger partial charge < -0.3 is 5.11 Å². The number of allylic oxidation sites excluding steroid dienone is 2. The highest BCUT2D eigenvalue weighted by Crippen LogP contribution is 2.64. The molecule has 0 aromatic carbocycles. The summed E-state index contributed by atoms with van der Waals surface area (Å²) < 4.78 is 0. The van der Waals surface area contributed by atoms with Crippen molar-refractivity contribution in [3.05, 3.63) is 11.1 Å². The number of aliphatic hydroxyl groups is 1. The maximum atomic E-state index is 11.7. The molecular formula is C20H26O2. The summed E-state index contributed by atoms with van der Waals surface area (Å²) in [6.07, 6.45) is 14.5. The molecule has 118 valence electrons. The van der Waals surface area contributed by atoms with Crippen LogP contribution in [0.1, 0.15) is 64.7 Å². The lowest BCUT2D eigenvalue weighted by atomic mass is 9.52. The number of ketones is 1. The highest BCUT2D eigenvalue weighted by atomic mass is 16.3. The van der Waals surface area contributed by atoms with Gasteiger partial charge in [0, 0.05) is 18.3 Å². The Morgan fingerprint density at radius 1 is 1.18 bits per heavy atom. The molecule has 0 bridgehead atoms. The zero-order valence-electron chi connectivity index (χ0n) is 13.5. The third-order valence-electron chi connectivity index (χ3n) is 7.59. The molecule has 0 saturated heterocycles. The third-order valence-corrected chi connectivity index (χ3v) is 7.59. The van der Waals surface area contributed by atoms with E-state index < -0.39 is 5.60 Å². The van der Waals surface area contributed by atoms with Crippen molar-refractivity contribution in [3.8, 4) is 12.3 Å². The van der Waals surface area contributed by atoms with Gasteiger partial charge in [0.2, 0.25) is 0 Å². The number of rotatable bonds is 0. The Hall–Kier alpha value is -1.07. The fourth-order valence-corrected chi connectivity index (χ4v) is 6.30. The maximum Gasteiger partial charge on any atom is 0.137 e. The van der Waals surface area contributed by atoms with Crippen LogP contribution >= 0.6 is 0 Å². The van der Waals surface area contributed by atoms with Crippen LogP contribution in [0.15, 0.2) is 11.1 Å². The van der Waals surface area contributed by atoms with E-state index in [1.807, 2.05) is 0 Å². The molecular weight excluding hydrogens is 272 g/mol. The zero-order valence-corrected chi connectivity index (χ0v) is 13.5. The average molecular weight is 298 g/mol. The van der Waals surface area contributed by atoms with Crippen LogP contribution in [0.5, 0.6) is 0 Å². The van der Waals surface area contributed by atoms with Crippen molar-refractivity contribution in [1.29, 1.82) is 0 Å². The first-order chi connectivity index (χ1) is 10.5. The summed E-state index contributed by atoms with van der Waals surface area (Å²) in [5.74, 6) is 5.06. The third kappa shape index (κ3) is 1.75. The van der Waals surface area contributed by atoms with Gasteiger partial charge in [-0.15, -0.1) is 6.42 Å². The molecule has 4 rings (SSSR count). The topological polar surface area (TPSA) is 37.3 Å². The predicted molar refractivity (Wildman–Crippen MR) is 85.9 cm³/mol. The number of fused-ring (bicyclic) bond motifs is 4. The molecule has 2 heteroatoms. The van der Waals surface area contributed by atoms with Crippen LogP contribution < -0.4 is 0 Å². The Morgan fingerprint density at radius 2 is 2.00 bits per heavy atom. The lowest BCUT2D eigenvalue weighted by molar-refractivity contribution is -0.119. The summed E-state index contributed by atoms with van der Waals surface area (Å²) in [5, 5.41) is 10.9. The normalized spacial score (nSPS) is 47.5. The molecule has 5 atom stereocenters. The molecule has 0 amide bonds. The summed E-state index contributed by atoms with van der Waals surface area (Å²) >= 11 is 0. The molecule has 2 nitrogen and oxygen atoms in total. The molecule has 4 aliphatic rings. The van der Waals surface area contributed by atoms with Crippen molar-refractivity contribution in [1.82, 2.24) is 0 Å². The van der Waals surface area contributed by atoms with Crippen LogP contribution in [0, 0.1) is 35.5 Å². The first-order valence-corrected chi connectivity index (χ1v) is 8.91. The van der Waals surface area contributed by atoms with Crippen molar-refractivity contribution in [3.63, 3.8) is 0 Å². The molecule has 0 spiro atoms. The first kappa shape index (κ1) is 14.5. The van der Waals surface area contributed by atoms with Gasteiger partial charge in [-0.25, -0.2) is 0 Å². The summed E-state index contributed by atoms with van der Waals surface area (Å²) in [7, 11) is 0.